The molecule has 0 spiro atoms. The lowest BCUT2D eigenvalue weighted by Gasteiger charge is -2.05. The fourth-order valence-corrected chi connectivity index (χ4v) is 1.64. The van der Waals surface area contributed by atoms with Crippen LogP contribution in [-0.4, -0.2) is 33.9 Å². The normalized spacial score (nSPS) is 10.5. The van der Waals surface area contributed by atoms with Gasteiger partial charge in [0.25, 0.3) is 5.91 Å². The highest BCUT2D eigenvalue weighted by molar-refractivity contribution is 5.97. The topological polar surface area (TPSA) is 93.2 Å². The number of aliphatic hydroxyl groups excluding tert-OH is 1. The fraction of sp³-hybridized carbons (Fsp3) is 0.636. The molecule has 0 bridgehead atoms. The molecule has 4 N–H and O–H groups in total. The molecule has 1 aromatic heterocycles. The van der Waals surface area contributed by atoms with Crippen molar-refractivity contribution in [3.63, 3.8) is 0 Å². The van der Waals surface area contributed by atoms with E-state index in [1.165, 1.54) is 4.68 Å². The molecule has 6 heteroatoms. The molecule has 0 aliphatic heterocycles. The van der Waals surface area contributed by atoms with Crippen LogP contribution < -0.4 is 11.1 Å². The second-order valence-corrected chi connectivity index (χ2v) is 4.01. The Labute approximate surface area is 101 Å². The Morgan fingerprint density at radius 1 is 1.47 bits per heavy atom. The number of hydrogen-bond acceptors (Lipinski definition) is 4. The van der Waals surface area contributed by atoms with E-state index < -0.39 is 0 Å². The summed E-state index contributed by atoms with van der Waals surface area (Å²) >= 11 is 0. The van der Waals surface area contributed by atoms with Crippen LogP contribution in [0.3, 0.4) is 0 Å². The Morgan fingerprint density at radius 3 is 2.71 bits per heavy atom. The number of rotatable bonds is 6. The summed E-state index contributed by atoms with van der Waals surface area (Å²) in [6.45, 7) is 2.55. The van der Waals surface area contributed by atoms with Crippen LogP contribution in [0.25, 0.3) is 0 Å². The SMILES string of the molecule is Cc1nn(C)c(C(=O)NCCCCCO)c1N. The van der Waals surface area contributed by atoms with Crippen molar-refractivity contribution in [1.29, 1.82) is 0 Å². The summed E-state index contributed by atoms with van der Waals surface area (Å²) in [5, 5.41) is 15.5. The first kappa shape index (κ1) is 13.5. The van der Waals surface area contributed by atoms with Crippen molar-refractivity contribution in [2.75, 3.05) is 18.9 Å². The van der Waals surface area contributed by atoms with Crippen molar-refractivity contribution in [3.05, 3.63) is 11.4 Å². The van der Waals surface area contributed by atoms with E-state index in [-0.39, 0.29) is 12.5 Å². The number of hydrogen-bond donors (Lipinski definition) is 3. The van der Waals surface area contributed by atoms with Crippen LogP contribution in [0.1, 0.15) is 35.4 Å². The van der Waals surface area contributed by atoms with Crippen molar-refractivity contribution in [2.24, 2.45) is 7.05 Å². The molecule has 0 fully saturated rings. The number of amides is 1. The second kappa shape index (κ2) is 6.24. The summed E-state index contributed by atoms with van der Waals surface area (Å²) in [6.07, 6.45) is 2.52. The number of carbonyl (C=O) groups excluding carboxylic acids is 1. The van der Waals surface area contributed by atoms with E-state index in [0.717, 1.165) is 19.3 Å². The number of aryl methyl sites for hydroxylation is 2. The Hall–Kier alpha value is -1.56. The maximum absolute atomic E-state index is 11.8. The molecule has 0 unspecified atom stereocenters. The van der Waals surface area contributed by atoms with Gasteiger partial charge in [0.15, 0.2) is 0 Å². The molecule has 1 heterocycles. The molecular weight excluding hydrogens is 220 g/mol. The highest BCUT2D eigenvalue weighted by atomic mass is 16.2. The number of unbranched alkanes of at least 4 members (excludes halogenated alkanes) is 2. The average Bonchev–Trinajstić information content (AvgIpc) is 2.53. The monoisotopic (exact) mass is 240 g/mol. The first-order valence-corrected chi connectivity index (χ1v) is 5.76. The lowest BCUT2D eigenvalue weighted by molar-refractivity contribution is 0.0944. The van der Waals surface area contributed by atoms with Gasteiger partial charge in [0, 0.05) is 20.2 Å². The Morgan fingerprint density at radius 2 is 2.18 bits per heavy atom. The maximum Gasteiger partial charge on any atom is 0.271 e. The van der Waals surface area contributed by atoms with Gasteiger partial charge in [-0.15, -0.1) is 0 Å². The van der Waals surface area contributed by atoms with Crippen LogP contribution in [-0.2, 0) is 7.05 Å². The van der Waals surface area contributed by atoms with Crippen LogP contribution in [0.4, 0.5) is 5.69 Å². The predicted octanol–water partition coefficient (Wildman–Crippen LogP) is 0.203. The van der Waals surface area contributed by atoms with Crippen molar-refractivity contribution in [1.82, 2.24) is 15.1 Å². The molecule has 0 saturated carbocycles. The zero-order chi connectivity index (χ0) is 12.8. The Bertz CT molecular complexity index is 387. The summed E-state index contributed by atoms with van der Waals surface area (Å²) in [5.74, 6) is -0.199. The zero-order valence-corrected chi connectivity index (χ0v) is 10.4. The minimum absolute atomic E-state index is 0.196. The van der Waals surface area contributed by atoms with Crippen LogP contribution in [0.15, 0.2) is 0 Å². The van der Waals surface area contributed by atoms with Gasteiger partial charge < -0.3 is 16.2 Å². The third kappa shape index (κ3) is 3.45. The van der Waals surface area contributed by atoms with Crippen LogP contribution in [0, 0.1) is 6.92 Å². The number of nitrogens with two attached hydrogens (primary N) is 1. The van der Waals surface area contributed by atoms with Gasteiger partial charge in [-0.1, -0.05) is 0 Å². The number of nitrogens with zero attached hydrogens (tertiary/aromatic N) is 2. The first-order chi connectivity index (χ1) is 8.07. The quantitative estimate of drug-likeness (QED) is 0.619. The third-order valence-electron chi connectivity index (χ3n) is 2.60. The summed E-state index contributed by atoms with van der Waals surface area (Å²) < 4.78 is 1.49. The largest absolute Gasteiger partial charge is 0.396 e. The lowest BCUT2D eigenvalue weighted by atomic mass is 10.2. The highest BCUT2D eigenvalue weighted by Crippen LogP contribution is 2.14. The molecule has 0 radical (unpaired) electrons. The van der Waals surface area contributed by atoms with Crippen molar-refractivity contribution in [2.45, 2.75) is 26.2 Å². The zero-order valence-electron chi connectivity index (χ0n) is 10.4. The van der Waals surface area contributed by atoms with Gasteiger partial charge in [-0.3, -0.25) is 9.48 Å². The number of nitrogen functional groups attached to an aromatic ring is 1. The average molecular weight is 240 g/mol. The smallest absolute Gasteiger partial charge is 0.271 e. The standard InChI is InChI=1S/C11H20N4O2/c1-8-9(12)10(15(2)14-8)11(17)13-6-4-3-5-7-16/h16H,3-7,12H2,1-2H3,(H,13,17). The molecular formula is C11H20N4O2. The van der Waals surface area contributed by atoms with E-state index in [1.54, 1.807) is 14.0 Å². The van der Waals surface area contributed by atoms with Gasteiger partial charge in [-0.2, -0.15) is 5.10 Å². The van der Waals surface area contributed by atoms with E-state index in [0.29, 0.717) is 23.6 Å². The summed E-state index contributed by atoms with van der Waals surface area (Å²) in [6, 6.07) is 0. The summed E-state index contributed by atoms with van der Waals surface area (Å²) in [4.78, 5) is 11.8. The molecule has 0 atom stereocenters. The molecule has 1 amide bonds. The number of nitrogens with one attached hydrogen (secondary N) is 1. The van der Waals surface area contributed by atoms with Crippen LogP contribution >= 0.6 is 0 Å². The van der Waals surface area contributed by atoms with Crippen molar-refractivity contribution < 1.29 is 9.90 Å². The van der Waals surface area contributed by atoms with Gasteiger partial charge in [0.1, 0.15) is 5.69 Å². The van der Waals surface area contributed by atoms with E-state index in [1.807, 2.05) is 0 Å². The molecule has 0 aliphatic rings. The second-order valence-electron chi connectivity index (χ2n) is 4.01. The molecule has 1 aromatic rings. The maximum atomic E-state index is 11.8. The minimum atomic E-state index is -0.199. The van der Waals surface area contributed by atoms with Gasteiger partial charge in [-0.25, -0.2) is 0 Å². The molecule has 96 valence electrons. The number of aromatic nitrogens is 2. The van der Waals surface area contributed by atoms with E-state index in [9.17, 15) is 4.79 Å². The molecule has 17 heavy (non-hydrogen) atoms. The molecule has 1 rings (SSSR count). The van der Waals surface area contributed by atoms with E-state index in [4.69, 9.17) is 10.8 Å². The lowest BCUT2D eigenvalue weighted by Crippen LogP contribution is -2.27. The summed E-state index contributed by atoms with van der Waals surface area (Å²) in [7, 11) is 1.70. The molecule has 0 saturated heterocycles. The van der Waals surface area contributed by atoms with Gasteiger partial charge >= 0.3 is 0 Å². The van der Waals surface area contributed by atoms with Gasteiger partial charge in [0.05, 0.1) is 11.4 Å². The molecule has 0 aromatic carbocycles. The summed E-state index contributed by atoms with van der Waals surface area (Å²) in [5.41, 5.74) is 7.28. The fourth-order valence-electron chi connectivity index (χ4n) is 1.64. The minimum Gasteiger partial charge on any atom is -0.396 e. The van der Waals surface area contributed by atoms with Gasteiger partial charge in [-0.05, 0) is 26.2 Å². The highest BCUT2D eigenvalue weighted by Gasteiger charge is 2.16. The van der Waals surface area contributed by atoms with Crippen LogP contribution in [0.2, 0.25) is 0 Å². The predicted molar refractivity (Wildman–Crippen MR) is 65.6 cm³/mol. The third-order valence-corrected chi connectivity index (χ3v) is 2.60. The molecule has 6 nitrogen and oxygen atoms in total. The number of aliphatic hydroxyl groups is 1. The number of carbonyl (C=O) groups is 1. The van der Waals surface area contributed by atoms with E-state index >= 15 is 0 Å². The Balaban J connectivity index is 2.47. The van der Waals surface area contributed by atoms with Crippen molar-refractivity contribution in [3.8, 4) is 0 Å². The molecule has 0 aliphatic carbocycles. The van der Waals surface area contributed by atoms with E-state index in [2.05, 4.69) is 10.4 Å². The van der Waals surface area contributed by atoms with Crippen LogP contribution in [0.5, 0.6) is 0 Å². The van der Waals surface area contributed by atoms with Gasteiger partial charge in [0.2, 0.25) is 0 Å². The first-order valence-electron chi connectivity index (χ1n) is 5.76. The van der Waals surface area contributed by atoms with Crippen molar-refractivity contribution >= 4 is 11.6 Å². The number of anilines is 1. The Kier molecular flexibility index (Phi) is 4.96.